The first-order valence-corrected chi connectivity index (χ1v) is 4.94. The number of rotatable bonds is 3. The van der Waals surface area contributed by atoms with Gasteiger partial charge in [0, 0.05) is 24.4 Å². The Bertz CT molecular complexity index is 462. The van der Waals surface area contributed by atoms with Crippen LogP contribution in [0, 0.1) is 5.82 Å². The molecule has 16 heavy (non-hydrogen) atoms. The second kappa shape index (κ2) is 4.81. The van der Waals surface area contributed by atoms with Gasteiger partial charge in [-0.15, -0.1) is 0 Å². The van der Waals surface area contributed by atoms with Crippen LogP contribution in [0.25, 0.3) is 0 Å². The van der Waals surface area contributed by atoms with Crippen molar-refractivity contribution in [3.05, 3.63) is 59.9 Å². The third-order valence-electron chi connectivity index (χ3n) is 2.34. The van der Waals surface area contributed by atoms with Gasteiger partial charge in [0.05, 0.1) is 6.10 Å². The van der Waals surface area contributed by atoms with Crippen molar-refractivity contribution in [3.63, 3.8) is 0 Å². The Morgan fingerprint density at radius 2 is 1.88 bits per heavy atom. The smallest absolute Gasteiger partial charge is 0.126 e. The van der Waals surface area contributed by atoms with E-state index in [1.54, 1.807) is 18.2 Å². The van der Waals surface area contributed by atoms with E-state index in [0.717, 1.165) is 0 Å². The van der Waals surface area contributed by atoms with Gasteiger partial charge in [0.15, 0.2) is 0 Å². The van der Waals surface area contributed by atoms with Crippen LogP contribution in [0.3, 0.4) is 0 Å². The number of aliphatic hydroxyl groups excluding tert-OH is 1. The first-order valence-electron chi connectivity index (χ1n) is 4.94. The van der Waals surface area contributed by atoms with Crippen molar-refractivity contribution >= 4 is 0 Å². The van der Waals surface area contributed by atoms with E-state index in [9.17, 15) is 9.50 Å². The van der Waals surface area contributed by atoms with Gasteiger partial charge in [-0.25, -0.2) is 14.4 Å². The summed E-state index contributed by atoms with van der Waals surface area (Å²) in [6.45, 7) is 0. The molecule has 1 unspecified atom stereocenters. The van der Waals surface area contributed by atoms with Crippen molar-refractivity contribution in [2.24, 2.45) is 0 Å². The summed E-state index contributed by atoms with van der Waals surface area (Å²) in [5, 5.41) is 9.85. The summed E-state index contributed by atoms with van der Waals surface area (Å²) in [6, 6.07) is 6.40. The van der Waals surface area contributed by atoms with Crippen LogP contribution in [0.4, 0.5) is 4.39 Å². The summed E-state index contributed by atoms with van der Waals surface area (Å²) in [7, 11) is 0. The van der Waals surface area contributed by atoms with Gasteiger partial charge in [0.2, 0.25) is 0 Å². The van der Waals surface area contributed by atoms with E-state index in [0.29, 0.717) is 11.1 Å². The number of nitrogens with zero attached hydrogens (tertiary/aromatic N) is 2. The van der Waals surface area contributed by atoms with E-state index in [1.807, 2.05) is 0 Å². The minimum Gasteiger partial charge on any atom is -0.388 e. The molecular weight excluding hydrogens is 207 g/mol. The number of hydrogen-bond acceptors (Lipinski definition) is 3. The SMILES string of the molecule is OC(Cc1ccccc1F)c1cncnc1. The maximum atomic E-state index is 13.3. The quantitative estimate of drug-likeness (QED) is 0.855. The summed E-state index contributed by atoms with van der Waals surface area (Å²) in [5.41, 5.74) is 1.07. The molecule has 0 aliphatic rings. The predicted octanol–water partition coefficient (Wildman–Crippen LogP) is 1.89. The largest absolute Gasteiger partial charge is 0.388 e. The number of halogens is 1. The van der Waals surface area contributed by atoms with E-state index in [4.69, 9.17) is 0 Å². The zero-order valence-corrected chi connectivity index (χ0v) is 8.55. The molecule has 0 aliphatic carbocycles. The third kappa shape index (κ3) is 2.41. The van der Waals surface area contributed by atoms with Crippen molar-refractivity contribution in [1.82, 2.24) is 9.97 Å². The molecule has 0 spiro atoms. The summed E-state index contributed by atoms with van der Waals surface area (Å²) in [5.74, 6) is -0.307. The Hall–Kier alpha value is -1.81. The van der Waals surface area contributed by atoms with Gasteiger partial charge in [-0.2, -0.15) is 0 Å². The monoisotopic (exact) mass is 218 g/mol. The molecule has 0 saturated carbocycles. The molecule has 0 amide bonds. The Labute approximate surface area is 92.6 Å². The van der Waals surface area contributed by atoms with E-state index >= 15 is 0 Å². The van der Waals surface area contributed by atoms with Crippen LogP contribution in [-0.2, 0) is 6.42 Å². The highest BCUT2D eigenvalue weighted by atomic mass is 19.1. The lowest BCUT2D eigenvalue weighted by molar-refractivity contribution is 0.176. The molecule has 1 aromatic carbocycles. The van der Waals surface area contributed by atoms with Crippen LogP contribution in [0.2, 0.25) is 0 Å². The Morgan fingerprint density at radius 3 is 2.56 bits per heavy atom. The van der Waals surface area contributed by atoms with Crippen LogP contribution in [0.15, 0.2) is 43.0 Å². The van der Waals surface area contributed by atoms with Crippen LogP contribution >= 0.6 is 0 Å². The van der Waals surface area contributed by atoms with E-state index in [-0.39, 0.29) is 12.2 Å². The van der Waals surface area contributed by atoms with Crippen LogP contribution in [0.1, 0.15) is 17.2 Å². The average molecular weight is 218 g/mol. The van der Waals surface area contributed by atoms with Crippen molar-refractivity contribution < 1.29 is 9.50 Å². The van der Waals surface area contributed by atoms with Crippen LogP contribution in [0.5, 0.6) is 0 Å². The van der Waals surface area contributed by atoms with Crippen LogP contribution in [-0.4, -0.2) is 15.1 Å². The summed E-state index contributed by atoms with van der Waals surface area (Å²) in [4.78, 5) is 7.61. The molecule has 1 heterocycles. The topological polar surface area (TPSA) is 46.0 Å². The molecule has 1 atom stereocenters. The van der Waals surface area contributed by atoms with Crippen molar-refractivity contribution in [2.75, 3.05) is 0 Å². The second-order valence-electron chi connectivity index (χ2n) is 3.48. The van der Waals surface area contributed by atoms with Gasteiger partial charge in [-0.3, -0.25) is 0 Å². The summed E-state index contributed by atoms with van der Waals surface area (Å²) < 4.78 is 13.3. The highest BCUT2D eigenvalue weighted by Crippen LogP contribution is 2.18. The van der Waals surface area contributed by atoms with E-state index < -0.39 is 6.10 Å². The molecule has 3 nitrogen and oxygen atoms in total. The zero-order chi connectivity index (χ0) is 11.4. The lowest BCUT2D eigenvalue weighted by Gasteiger charge is -2.10. The maximum absolute atomic E-state index is 13.3. The van der Waals surface area contributed by atoms with Gasteiger partial charge in [-0.05, 0) is 11.6 Å². The average Bonchev–Trinajstić information content (AvgIpc) is 2.33. The molecule has 2 rings (SSSR count). The van der Waals surface area contributed by atoms with Gasteiger partial charge < -0.3 is 5.11 Å². The lowest BCUT2D eigenvalue weighted by atomic mass is 10.0. The molecule has 1 aromatic heterocycles. The molecular formula is C12H11FN2O. The normalized spacial score (nSPS) is 12.4. The fourth-order valence-electron chi connectivity index (χ4n) is 1.47. The van der Waals surface area contributed by atoms with Gasteiger partial charge >= 0.3 is 0 Å². The fourth-order valence-corrected chi connectivity index (χ4v) is 1.47. The molecule has 1 N–H and O–H groups in total. The van der Waals surface area contributed by atoms with Gasteiger partial charge in [-0.1, -0.05) is 18.2 Å². The Morgan fingerprint density at radius 1 is 1.19 bits per heavy atom. The zero-order valence-electron chi connectivity index (χ0n) is 8.55. The molecule has 0 aliphatic heterocycles. The van der Waals surface area contributed by atoms with E-state index in [1.165, 1.54) is 24.8 Å². The molecule has 2 aromatic rings. The van der Waals surface area contributed by atoms with Gasteiger partial charge in [0.1, 0.15) is 12.1 Å². The van der Waals surface area contributed by atoms with Crippen molar-refractivity contribution in [2.45, 2.75) is 12.5 Å². The first kappa shape index (κ1) is 10.7. The number of benzene rings is 1. The van der Waals surface area contributed by atoms with Crippen molar-refractivity contribution in [1.29, 1.82) is 0 Å². The number of aliphatic hydroxyl groups is 1. The standard InChI is InChI=1S/C12H11FN2O/c13-11-4-2-1-3-9(11)5-12(16)10-6-14-8-15-7-10/h1-4,6-8,12,16H,5H2. The fraction of sp³-hybridized carbons (Fsp3) is 0.167. The number of aromatic nitrogens is 2. The molecule has 0 radical (unpaired) electrons. The minimum absolute atomic E-state index is 0.222. The summed E-state index contributed by atoms with van der Waals surface area (Å²) in [6.07, 6.45) is 3.88. The molecule has 0 bridgehead atoms. The lowest BCUT2D eigenvalue weighted by Crippen LogP contribution is -2.04. The van der Waals surface area contributed by atoms with Crippen LogP contribution < -0.4 is 0 Å². The maximum Gasteiger partial charge on any atom is 0.126 e. The molecule has 0 fully saturated rings. The third-order valence-corrected chi connectivity index (χ3v) is 2.34. The van der Waals surface area contributed by atoms with Crippen molar-refractivity contribution in [3.8, 4) is 0 Å². The van der Waals surface area contributed by atoms with Gasteiger partial charge in [0.25, 0.3) is 0 Å². The predicted molar refractivity (Wildman–Crippen MR) is 57.1 cm³/mol. The highest BCUT2D eigenvalue weighted by Gasteiger charge is 2.11. The Kier molecular flexibility index (Phi) is 3.22. The molecule has 0 saturated heterocycles. The minimum atomic E-state index is -0.780. The number of hydrogen-bond donors (Lipinski definition) is 1. The highest BCUT2D eigenvalue weighted by molar-refractivity contribution is 5.20. The molecule has 82 valence electrons. The Balaban J connectivity index is 2.14. The first-order chi connectivity index (χ1) is 7.77. The van der Waals surface area contributed by atoms with E-state index in [2.05, 4.69) is 9.97 Å². The molecule has 4 heteroatoms. The second-order valence-corrected chi connectivity index (χ2v) is 3.48. The summed E-state index contributed by atoms with van der Waals surface area (Å²) >= 11 is 0.